The van der Waals surface area contributed by atoms with Crippen molar-refractivity contribution in [3.63, 3.8) is 0 Å². The van der Waals surface area contributed by atoms with Gasteiger partial charge in [0.1, 0.15) is 0 Å². The van der Waals surface area contributed by atoms with Crippen molar-refractivity contribution in [3.8, 4) is 0 Å². The van der Waals surface area contributed by atoms with E-state index >= 15 is 0 Å². The summed E-state index contributed by atoms with van der Waals surface area (Å²) in [6.45, 7) is 3.51. The Hall–Kier alpha value is -3.58. The van der Waals surface area contributed by atoms with Crippen LogP contribution in [0.2, 0.25) is 0 Å². The number of para-hydroxylation sites is 2. The van der Waals surface area contributed by atoms with Gasteiger partial charge in [0.2, 0.25) is 5.91 Å². The van der Waals surface area contributed by atoms with Crippen LogP contribution in [0.25, 0.3) is 11.0 Å². The molecule has 0 aliphatic heterocycles. The second-order valence-corrected chi connectivity index (χ2v) is 9.91. The van der Waals surface area contributed by atoms with Gasteiger partial charge in [0.25, 0.3) is 0 Å². The molecule has 7 heteroatoms. The maximum Gasteiger partial charge on any atom is 0.221 e. The monoisotopic (exact) mass is 459 g/mol. The first-order valence-corrected chi connectivity index (χ1v) is 12.4. The molecule has 3 aromatic carbocycles. The van der Waals surface area contributed by atoms with Gasteiger partial charge >= 0.3 is 0 Å². The lowest BCUT2D eigenvalue weighted by Gasteiger charge is -2.12. The fourth-order valence-electron chi connectivity index (χ4n) is 3.63. The van der Waals surface area contributed by atoms with Gasteiger partial charge in [-0.05, 0) is 53.9 Å². The second-order valence-electron chi connectivity index (χ2n) is 7.92. The molecule has 0 fully saturated rings. The summed E-state index contributed by atoms with van der Waals surface area (Å²) in [5.41, 5.74) is 5.33. The van der Waals surface area contributed by atoms with Crippen molar-refractivity contribution < 1.29 is 13.2 Å². The SMILES string of the molecule is CCc1ccc(Cc2nc3ccccc3nc2CS(=O)(=O)c2ccc(NC(C)=O)cc2)cc1. The number of rotatable bonds is 7. The first kappa shape index (κ1) is 22.6. The minimum Gasteiger partial charge on any atom is -0.326 e. The number of nitrogens with one attached hydrogen (secondary N) is 1. The standard InChI is InChI=1S/C26H25N3O3S/c1-3-19-8-10-20(11-9-19)16-25-26(29-24-7-5-4-6-23(24)28-25)17-33(31,32)22-14-12-21(13-15-22)27-18(2)30/h4-15H,3,16-17H2,1-2H3,(H,27,30). The maximum atomic E-state index is 13.2. The van der Waals surface area contributed by atoms with Gasteiger partial charge < -0.3 is 5.32 Å². The van der Waals surface area contributed by atoms with E-state index < -0.39 is 9.84 Å². The number of fused-ring (bicyclic) bond motifs is 1. The molecule has 168 valence electrons. The number of hydrogen-bond donors (Lipinski definition) is 1. The van der Waals surface area contributed by atoms with Crippen LogP contribution in [-0.4, -0.2) is 24.3 Å². The molecular weight excluding hydrogens is 434 g/mol. The van der Waals surface area contributed by atoms with Crippen molar-refractivity contribution >= 4 is 32.5 Å². The van der Waals surface area contributed by atoms with Crippen LogP contribution in [0.15, 0.2) is 77.7 Å². The molecule has 4 aromatic rings. The van der Waals surface area contributed by atoms with Crippen LogP contribution in [0.1, 0.15) is 36.4 Å². The molecule has 0 spiro atoms. The zero-order chi connectivity index (χ0) is 23.4. The highest BCUT2D eigenvalue weighted by atomic mass is 32.2. The quantitative estimate of drug-likeness (QED) is 0.432. The summed E-state index contributed by atoms with van der Waals surface area (Å²) in [7, 11) is -3.67. The molecule has 0 saturated heterocycles. The molecular formula is C26H25N3O3S. The predicted octanol–water partition coefficient (Wildman–Crippen LogP) is 4.72. The number of carbonyl (C=O) groups excluding carboxylic acids is 1. The van der Waals surface area contributed by atoms with Crippen molar-refractivity contribution in [2.24, 2.45) is 0 Å². The van der Waals surface area contributed by atoms with Crippen molar-refractivity contribution in [2.45, 2.75) is 37.3 Å². The number of amides is 1. The second kappa shape index (κ2) is 9.50. The Bertz CT molecular complexity index is 1400. The Morgan fingerprint density at radius 3 is 1.97 bits per heavy atom. The number of carbonyl (C=O) groups is 1. The van der Waals surface area contributed by atoms with Gasteiger partial charge in [-0.1, -0.05) is 43.3 Å². The highest BCUT2D eigenvalue weighted by Gasteiger charge is 2.20. The van der Waals surface area contributed by atoms with Crippen LogP contribution in [0.3, 0.4) is 0 Å². The topological polar surface area (TPSA) is 89.0 Å². The van der Waals surface area contributed by atoms with Crippen LogP contribution in [0, 0.1) is 0 Å². The molecule has 1 amide bonds. The van der Waals surface area contributed by atoms with Crippen LogP contribution >= 0.6 is 0 Å². The lowest BCUT2D eigenvalue weighted by molar-refractivity contribution is -0.114. The van der Waals surface area contributed by atoms with Gasteiger partial charge in [0.15, 0.2) is 9.84 Å². The van der Waals surface area contributed by atoms with Gasteiger partial charge in [-0.2, -0.15) is 0 Å². The number of nitrogens with zero attached hydrogens (tertiary/aromatic N) is 2. The van der Waals surface area contributed by atoms with Crippen molar-refractivity contribution in [1.29, 1.82) is 0 Å². The Labute approximate surface area is 193 Å². The van der Waals surface area contributed by atoms with Crippen LogP contribution < -0.4 is 5.32 Å². The molecule has 6 nitrogen and oxygen atoms in total. The fourth-order valence-corrected chi connectivity index (χ4v) is 4.94. The zero-order valence-corrected chi connectivity index (χ0v) is 19.4. The minimum absolute atomic E-state index is 0.171. The third-order valence-corrected chi connectivity index (χ3v) is 7.03. The highest BCUT2D eigenvalue weighted by Crippen LogP contribution is 2.23. The maximum absolute atomic E-state index is 13.2. The summed E-state index contributed by atoms with van der Waals surface area (Å²) in [6, 6.07) is 21.9. The Morgan fingerprint density at radius 2 is 1.39 bits per heavy atom. The van der Waals surface area contributed by atoms with E-state index in [-0.39, 0.29) is 16.6 Å². The summed E-state index contributed by atoms with van der Waals surface area (Å²) in [5.74, 6) is -0.471. The van der Waals surface area contributed by atoms with E-state index in [2.05, 4.69) is 41.5 Å². The van der Waals surface area contributed by atoms with Crippen molar-refractivity contribution in [2.75, 3.05) is 5.32 Å². The average Bonchev–Trinajstić information content (AvgIpc) is 2.80. The first-order valence-electron chi connectivity index (χ1n) is 10.8. The number of anilines is 1. The zero-order valence-electron chi connectivity index (χ0n) is 18.6. The summed E-state index contributed by atoms with van der Waals surface area (Å²) in [4.78, 5) is 20.8. The molecule has 1 N–H and O–H groups in total. The van der Waals surface area contributed by atoms with Crippen molar-refractivity contribution in [3.05, 3.63) is 95.3 Å². The van der Waals surface area contributed by atoms with E-state index in [1.807, 2.05) is 24.3 Å². The normalized spacial score (nSPS) is 11.5. The summed E-state index contributed by atoms with van der Waals surface area (Å²) < 4.78 is 26.4. The lowest BCUT2D eigenvalue weighted by atomic mass is 10.0. The molecule has 0 saturated carbocycles. The van der Waals surface area contributed by atoms with Gasteiger partial charge in [-0.15, -0.1) is 0 Å². The molecule has 1 heterocycles. The molecule has 33 heavy (non-hydrogen) atoms. The van der Waals surface area contributed by atoms with Crippen LogP contribution in [-0.2, 0) is 33.2 Å². The number of aryl methyl sites for hydroxylation is 1. The first-order chi connectivity index (χ1) is 15.8. The number of aromatic nitrogens is 2. The average molecular weight is 460 g/mol. The van der Waals surface area contributed by atoms with Crippen molar-refractivity contribution in [1.82, 2.24) is 9.97 Å². The Kier molecular flexibility index (Phi) is 6.51. The van der Waals surface area contributed by atoms with E-state index in [9.17, 15) is 13.2 Å². The number of benzene rings is 3. The summed E-state index contributed by atoms with van der Waals surface area (Å²) >= 11 is 0. The van der Waals surface area contributed by atoms with Crippen LogP contribution in [0.4, 0.5) is 5.69 Å². The third kappa shape index (κ3) is 5.43. The third-order valence-electron chi connectivity index (χ3n) is 5.39. The van der Waals surface area contributed by atoms with Crippen LogP contribution in [0.5, 0.6) is 0 Å². The van der Waals surface area contributed by atoms with Gasteiger partial charge in [-0.25, -0.2) is 18.4 Å². The molecule has 0 bridgehead atoms. The minimum atomic E-state index is -3.67. The Balaban J connectivity index is 1.69. The molecule has 0 atom stereocenters. The number of hydrogen-bond acceptors (Lipinski definition) is 5. The molecule has 4 rings (SSSR count). The van der Waals surface area contributed by atoms with E-state index in [1.165, 1.54) is 24.6 Å². The molecule has 0 unspecified atom stereocenters. The van der Waals surface area contributed by atoms with Gasteiger partial charge in [0.05, 0.1) is 33.1 Å². The molecule has 1 aromatic heterocycles. The van der Waals surface area contributed by atoms with E-state index in [0.29, 0.717) is 29.0 Å². The molecule has 0 aliphatic carbocycles. The number of sulfone groups is 1. The van der Waals surface area contributed by atoms with E-state index in [4.69, 9.17) is 4.98 Å². The van der Waals surface area contributed by atoms with E-state index in [0.717, 1.165) is 17.5 Å². The van der Waals surface area contributed by atoms with Gasteiger partial charge in [-0.3, -0.25) is 4.79 Å². The smallest absolute Gasteiger partial charge is 0.221 e. The van der Waals surface area contributed by atoms with Gasteiger partial charge in [0, 0.05) is 19.0 Å². The summed E-state index contributed by atoms with van der Waals surface area (Å²) in [6.07, 6.45) is 1.45. The lowest BCUT2D eigenvalue weighted by Crippen LogP contribution is -2.11. The molecule has 0 radical (unpaired) electrons. The summed E-state index contributed by atoms with van der Waals surface area (Å²) in [5, 5.41) is 2.64. The molecule has 0 aliphatic rings. The Morgan fingerprint density at radius 1 is 0.818 bits per heavy atom. The predicted molar refractivity (Wildman–Crippen MR) is 130 cm³/mol. The largest absolute Gasteiger partial charge is 0.326 e. The van der Waals surface area contributed by atoms with E-state index in [1.54, 1.807) is 12.1 Å². The fraction of sp³-hybridized carbons (Fsp3) is 0.192. The highest BCUT2D eigenvalue weighted by molar-refractivity contribution is 7.90.